The van der Waals surface area contributed by atoms with Crippen molar-refractivity contribution in [1.29, 1.82) is 0 Å². The molecule has 0 unspecified atom stereocenters. The van der Waals surface area contributed by atoms with E-state index in [0.717, 1.165) is 40.4 Å². The Morgan fingerprint density at radius 3 is 2.38 bits per heavy atom. The lowest BCUT2D eigenvalue weighted by atomic mass is 9.64. The van der Waals surface area contributed by atoms with E-state index in [1.807, 2.05) is 30.3 Å². The van der Waals surface area contributed by atoms with Crippen LogP contribution in [0.5, 0.6) is 0 Å². The van der Waals surface area contributed by atoms with Gasteiger partial charge >= 0.3 is 6.03 Å². The number of fused-ring (bicyclic) bond motifs is 4. The highest BCUT2D eigenvalue weighted by atomic mass is 35.5. The maximum Gasteiger partial charge on any atom is 0.332 e. The second-order valence-electron chi connectivity index (χ2n) is 9.22. The second kappa shape index (κ2) is 7.62. The third-order valence-corrected chi connectivity index (χ3v) is 7.65. The number of carbonyl (C=O) groups is 3. The van der Waals surface area contributed by atoms with Crippen LogP contribution in [0.3, 0.4) is 0 Å². The zero-order valence-electron chi connectivity index (χ0n) is 18.3. The van der Waals surface area contributed by atoms with Gasteiger partial charge in [0.2, 0.25) is 11.8 Å². The molecular weight excluding hydrogens is 426 g/mol. The molecule has 3 heterocycles. The normalized spacial score (nSPS) is 24.6. The predicted molar refractivity (Wildman–Crippen MR) is 123 cm³/mol. The molecule has 0 aromatic heterocycles. The number of rotatable bonds is 2. The number of piperidine rings is 1. The van der Waals surface area contributed by atoms with E-state index in [4.69, 9.17) is 11.6 Å². The van der Waals surface area contributed by atoms with E-state index in [2.05, 4.69) is 17.0 Å². The van der Waals surface area contributed by atoms with Gasteiger partial charge in [0.1, 0.15) is 0 Å². The van der Waals surface area contributed by atoms with Crippen LogP contribution in [0.25, 0.3) is 0 Å². The summed E-state index contributed by atoms with van der Waals surface area (Å²) in [6.07, 6.45) is 2.84. The second-order valence-corrected chi connectivity index (χ2v) is 9.66. The lowest BCUT2D eigenvalue weighted by molar-refractivity contribution is -0.160. The average Bonchev–Trinajstić information content (AvgIpc) is 2.81. The number of anilines is 1. The van der Waals surface area contributed by atoms with Crippen LogP contribution >= 0.6 is 11.6 Å². The van der Waals surface area contributed by atoms with E-state index in [1.165, 1.54) is 19.7 Å². The van der Waals surface area contributed by atoms with E-state index in [9.17, 15) is 14.4 Å². The van der Waals surface area contributed by atoms with Crippen molar-refractivity contribution in [3.8, 4) is 0 Å². The Kier molecular flexibility index (Phi) is 5.01. The van der Waals surface area contributed by atoms with Crippen LogP contribution in [-0.4, -0.2) is 54.3 Å². The number of carbonyl (C=O) groups excluding carboxylic acids is 3. The quantitative estimate of drug-likeness (QED) is 0.652. The largest absolute Gasteiger partial charge is 0.367 e. The Balaban J connectivity index is 1.59. The van der Waals surface area contributed by atoms with E-state index in [-0.39, 0.29) is 12.5 Å². The molecule has 0 bridgehead atoms. The average molecular weight is 452 g/mol. The molecule has 166 valence electrons. The van der Waals surface area contributed by atoms with Gasteiger partial charge in [0.15, 0.2) is 5.41 Å². The van der Waals surface area contributed by atoms with Crippen LogP contribution in [-0.2, 0) is 22.4 Å². The number of hydrogen-bond acceptors (Lipinski definition) is 4. The smallest absolute Gasteiger partial charge is 0.332 e. The van der Waals surface area contributed by atoms with Crippen molar-refractivity contribution < 1.29 is 14.4 Å². The van der Waals surface area contributed by atoms with Crippen molar-refractivity contribution in [3.63, 3.8) is 0 Å². The van der Waals surface area contributed by atoms with Gasteiger partial charge in [0, 0.05) is 31.4 Å². The first-order chi connectivity index (χ1) is 15.3. The zero-order chi connectivity index (χ0) is 22.6. The van der Waals surface area contributed by atoms with E-state index in [0.29, 0.717) is 17.4 Å². The first-order valence-corrected chi connectivity index (χ1v) is 11.4. The monoisotopic (exact) mass is 451 g/mol. The molecule has 0 N–H and O–H groups in total. The minimum Gasteiger partial charge on any atom is -0.367 e. The van der Waals surface area contributed by atoms with Crippen molar-refractivity contribution in [2.24, 2.45) is 11.3 Å². The summed E-state index contributed by atoms with van der Waals surface area (Å²) in [4.78, 5) is 44.3. The zero-order valence-corrected chi connectivity index (χ0v) is 19.0. The third-order valence-electron chi connectivity index (χ3n) is 7.42. The Morgan fingerprint density at radius 2 is 1.69 bits per heavy atom. The number of amides is 4. The summed E-state index contributed by atoms with van der Waals surface area (Å²) in [6, 6.07) is 15.1. The van der Waals surface area contributed by atoms with Crippen LogP contribution in [0.4, 0.5) is 10.5 Å². The van der Waals surface area contributed by atoms with Crippen LogP contribution in [0.15, 0.2) is 48.5 Å². The van der Waals surface area contributed by atoms with Gasteiger partial charge in [-0.15, -0.1) is 0 Å². The van der Waals surface area contributed by atoms with Gasteiger partial charge in [-0.1, -0.05) is 48.0 Å². The summed E-state index contributed by atoms with van der Waals surface area (Å²) < 4.78 is 0. The molecule has 7 heteroatoms. The van der Waals surface area contributed by atoms with E-state index in [1.54, 1.807) is 6.07 Å². The summed E-state index contributed by atoms with van der Waals surface area (Å²) in [7, 11) is 2.95. The van der Waals surface area contributed by atoms with E-state index < -0.39 is 23.3 Å². The number of halogens is 1. The molecule has 6 nitrogen and oxygen atoms in total. The number of imide groups is 2. The van der Waals surface area contributed by atoms with Gasteiger partial charge in [-0.2, -0.15) is 0 Å². The summed E-state index contributed by atoms with van der Waals surface area (Å²) in [5.41, 5.74) is 1.86. The van der Waals surface area contributed by atoms with Crippen molar-refractivity contribution >= 4 is 35.1 Å². The first-order valence-electron chi connectivity index (χ1n) is 11.0. The fourth-order valence-electron chi connectivity index (χ4n) is 5.82. The Labute approximate surface area is 192 Å². The summed E-state index contributed by atoms with van der Waals surface area (Å²) in [6.45, 7) is 0.735. The first kappa shape index (κ1) is 21.0. The van der Waals surface area contributed by atoms with Crippen molar-refractivity contribution in [3.05, 3.63) is 64.7 Å². The lowest BCUT2D eigenvalue weighted by Crippen LogP contribution is -2.72. The number of barbiturate groups is 1. The molecular formula is C25H26ClN3O3. The summed E-state index contributed by atoms with van der Waals surface area (Å²) >= 11 is 6.32. The summed E-state index contributed by atoms with van der Waals surface area (Å²) in [5, 5.41) is 0.635. The van der Waals surface area contributed by atoms with Gasteiger partial charge in [-0.25, -0.2) is 4.79 Å². The van der Waals surface area contributed by atoms with Gasteiger partial charge < -0.3 is 4.90 Å². The molecule has 2 atom stereocenters. The lowest BCUT2D eigenvalue weighted by Gasteiger charge is -2.55. The fraction of sp³-hybridized carbons (Fsp3) is 0.400. The van der Waals surface area contributed by atoms with Gasteiger partial charge in [0.25, 0.3) is 0 Å². The molecule has 2 aromatic rings. The van der Waals surface area contributed by atoms with Crippen molar-refractivity contribution in [2.75, 3.05) is 25.5 Å². The van der Waals surface area contributed by atoms with Crippen molar-refractivity contribution in [1.82, 2.24) is 9.80 Å². The maximum absolute atomic E-state index is 13.7. The Hall–Kier alpha value is -2.86. The minimum atomic E-state index is -1.31. The standard InChI is InChI=1S/C25H26ClN3O3/c1-27-22(30)25(23(31)28(2)24(27)32)15-18-8-9-19(26)14-20(18)29-11-10-17(13-21(25)29)12-16-6-4-3-5-7-16/h3-9,14,17,21H,10-13,15H2,1-2H3/t17-,21-/m0/s1. The highest BCUT2D eigenvalue weighted by Crippen LogP contribution is 2.50. The molecule has 3 aliphatic rings. The SMILES string of the molecule is CN1C(=O)N(C)C(=O)C2(Cc3ccc(Cl)cc3N3CC[C@@H](Cc4ccccc4)C[C@H]32)C1=O. The van der Waals surface area contributed by atoms with Gasteiger partial charge in [-0.05, 0) is 54.9 Å². The maximum atomic E-state index is 13.7. The topological polar surface area (TPSA) is 60.9 Å². The Bertz CT molecular complexity index is 1080. The third kappa shape index (κ3) is 3.04. The van der Waals surface area contributed by atoms with Crippen LogP contribution < -0.4 is 4.90 Å². The molecule has 0 radical (unpaired) electrons. The number of benzene rings is 2. The molecule has 5 rings (SSSR count). The molecule has 2 saturated heterocycles. The molecule has 32 heavy (non-hydrogen) atoms. The van der Waals surface area contributed by atoms with Crippen LogP contribution in [0.2, 0.25) is 5.02 Å². The molecule has 2 aromatic carbocycles. The van der Waals surface area contributed by atoms with Crippen LogP contribution in [0, 0.1) is 11.3 Å². The fourth-order valence-corrected chi connectivity index (χ4v) is 5.99. The Morgan fingerprint density at radius 1 is 1.00 bits per heavy atom. The predicted octanol–water partition coefficient (Wildman–Crippen LogP) is 3.76. The molecule has 2 fully saturated rings. The number of hydrogen-bond donors (Lipinski definition) is 0. The molecule has 0 aliphatic carbocycles. The summed E-state index contributed by atoms with van der Waals surface area (Å²) in [5.74, 6) is -0.465. The van der Waals surface area contributed by atoms with E-state index >= 15 is 0 Å². The van der Waals surface area contributed by atoms with Crippen molar-refractivity contribution in [2.45, 2.75) is 31.7 Å². The highest BCUT2D eigenvalue weighted by molar-refractivity contribution is 6.31. The molecule has 1 spiro atoms. The minimum absolute atomic E-state index is 0.276. The molecule has 0 saturated carbocycles. The number of nitrogens with zero attached hydrogens (tertiary/aromatic N) is 3. The van der Waals surface area contributed by atoms with Gasteiger partial charge in [0.05, 0.1) is 6.04 Å². The highest BCUT2D eigenvalue weighted by Gasteiger charge is 2.63. The van der Waals surface area contributed by atoms with Gasteiger partial charge in [-0.3, -0.25) is 19.4 Å². The molecule has 4 amide bonds. The molecule has 3 aliphatic heterocycles. The number of urea groups is 1. The van der Waals surface area contributed by atoms with Crippen LogP contribution in [0.1, 0.15) is 24.0 Å².